The van der Waals surface area contributed by atoms with Crippen LogP contribution in [0.2, 0.25) is 0 Å². The fourth-order valence-corrected chi connectivity index (χ4v) is 6.32. The lowest BCUT2D eigenvalue weighted by Gasteiger charge is -2.35. The molecule has 1 unspecified atom stereocenters. The highest BCUT2D eigenvalue weighted by molar-refractivity contribution is 9.10. The van der Waals surface area contributed by atoms with Gasteiger partial charge in [-0.25, -0.2) is 13.1 Å². The van der Waals surface area contributed by atoms with Crippen LogP contribution in [0.5, 0.6) is 0 Å². The summed E-state index contributed by atoms with van der Waals surface area (Å²) in [7, 11) is -3.47. The van der Waals surface area contributed by atoms with Gasteiger partial charge in [0.05, 0.1) is 4.90 Å². The molecule has 2 aromatic carbocycles. The third-order valence-corrected chi connectivity index (χ3v) is 7.93. The highest BCUT2D eigenvalue weighted by Gasteiger charge is 2.32. The summed E-state index contributed by atoms with van der Waals surface area (Å²) in [5, 5.41) is 0. The zero-order valence-corrected chi connectivity index (χ0v) is 17.0. The van der Waals surface area contributed by atoms with Crippen molar-refractivity contribution < 1.29 is 8.42 Å². The molecule has 2 aromatic rings. The Morgan fingerprint density at radius 2 is 1.85 bits per heavy atom. The zero-order valence-electron chi connectivity index (χ0n) is 14.6. The Kier molecular flexibility index (Phi) is 5.19. The largest absolute Gasteiger partial charge is 0.296 e. The van der Waals surface area contributed by atoms with Gasteiger partial charge in [-0.3, -0.25) is 4.90 Å². The SMILES string of the molecule is O=S(=O)(NCCCN1CCc2cccc3c2C1CC3)c1ccccc1Br. The van der Waals surface area contributed by atoms with E-state index in [0.717, 1.165) is 25.9 Å². The third kappa shape index (κ3) is 3.48. The first-order valence-corrected chi connectivity index (χ1v) is 11.4. The summed E-state index contributed by atoms with van der Waals surface area (Å²) in [4.78, 5) is 2.83. The average molecular weight is 435 g/mol. The Balaban J connectivity index is 1.34. The van der Waals surface area contributed by atoms with Crippen molar-refractivity contribution in [1.82, 2.24) is 9.62 Å². The normalized spacial score (nSPS) is 19.5. The Morgan fingerprint density at radius 3 is 2.65 bits per heavy atom. The maximum absolute atomic E-state index is 12.4. The van der Waals surface area contributed by atoms with Gasteiger partial charge in [0, 0.05) is 30.1 Å². The van der Waals surface area contributed by atoms with E-state index in [2.05, 4.69) is 43.8 Å². The van der Waals surface area contributed by atoms with Crippen LogP contribution in [0, 0.1) is 0 Å². The Bertz CT molecular complexity index is 914. The Hall–Kier alpha value is -1.21. The Morgan fingerprint density at radius 1 is 1.08 bits per heavy atom. The molecule has 138 valence electrons. The first-order chi connectivity index (χ1) is 12.6. The van der Waals surface area contributed by atoms with Gasteiger partial charge in [0.1, 0.15) is 0 Å². The van der Waals surface area contributed by atoms with Crippen molar-refractivity contribution in [2.24, 2.45) is 0 Å². The van der Waals surface area contributed by atoms with Gasteiger partial charge in [-0.1, -0.05) is 30.3 Å². The molecule has 4 rings (SSSR count). The van der Waals surface area contributed by atoms with Crippen LogP contribution in [0.1, 0.15) is 35.6 Å². The summed E-state index contributed by atoms with van der Waals surface area (Å²) < 4.78 is 28.2. The minimum atomic E-state index is -3.47. The molecule has 0 amide bonds. The van der Waals surface area contributed by atoms with Crippen LogP contribution in [-0.2, 0) is 22.9 Å². The van der Waals surface area contributed by atoms with Crippen LogP contribution in [0.3, 0.4) is 0 Å². The molecule has 0 saturated heterocycles. The predicted octanol–water partition coefficient (Wildman–Crippen LogP) is 3.66. The minimum absolute atomic E-state index is 0.298. The molecule has 1 aliphatic heterocycles. The van der Waals surface area contributed by atoms with E-state index in [0.29, 0.717) is 22.0 Å². The lowest BCUT2D eigenvalue weighted by atomic mass is 9.93. The van der Waals surface area contributed by atoms with Crippen molar-refractivity contribution in [3.8, 4) is 0 Å². The van der Waals surface area contributed by atoms with Gasteiger partial charge in [0.2, 0.25) is 10.0 Å². The van der Waals surface area contributed by atoms with Crippen LogP contribution >= 0.6 is 15.9 Å². The van der Waals surface area contributed by atoms with Crippen LogP contribution in [0.4, 0.5) is 0 Å². The van der Waals surface area contributed by atoms with E-state index < -0.39 is 10.0 Å². The molecule has 0 bridgehead atoms. The maximum Gasteiger partial charge on any atom is 0.241 e. The molecule has 6 heteroatoms. The molecule has 2 aliphatic rings. The van der Waals surface area contributed by atoms with Gasteiger partial charge < -0.3 is 0 Å². The highest BCUT2D eigenvalue weighted by atomic mass is 79.9. The summed E-state index contributed by atoms with van der Waals surface area (Å²) in [6.07, 6.45) is 4.27. The number of nitrogens with one attached hydrogen (secondary N) is 1. The third-order valence-electron chi connectivity index (χ3n) is 5.46. The van der Waals surface area contributed by atoms with Crippen LogP contribution < -0.4 is 4.72 Å². The number of rotatable bonds is 6. The van der Waals surface area contributed by atoms with Crippen LogP contribution in [0.15, 0.2) is 51.8 Å². The van der Waals surface area contributed by atoms with E-state index in [-0.39, 0.29) is 0 Å². The van der Waals surface area contributed by atoms with Crippen molar-refractivity contribution >= 4 is 26.0 Å². The predicted molar refractivity (Wildman–Crippen MR) is 107 cm³/mol. The first-order valence-electron chi connectivity index (χ1n) is 9.15. The number of benzene rings is 2. The second-order valence-corrected chi connectivity index (χ2v) is 9.60. The van der Waals surface area contributed by atoms with Crippen molar-refractivity contribution in [2.45, 2.75) is 36.6 Å². The second-order valence-electron chi connectivity index (χ2n) is 7.01. The molecule has 1 aliphatic carbocycles. The average Bonchev–Trinajstić information content (AvgIpc) is 3.07. The monoisotopic (exact) mass is 434 g/mol. The molecule has 0 fully saturated rings. The van der Waals surface area contributed by atoms with Gasteiger partial charge in [-0.05, 0) is 70.4 Å². The lowest BCUT2D eigenvalue weighted by Crippen LogP contribution is -2.36. The van der Waals surface area contributed by atoms with Crippen molar-refractivity contribution in [3.05, 3.63) is 63.6 Å². The quantitative estimate of drug-likeness (QED) is 0.705. The summed E-state index contributed by atoms with van der Waals surface area (Å²) in [5.74, 6) is 0. The Labute approximate surface area is 163 Å². The maximum atomic E-state index is 12.4. The summed E-state index contributed by atoms with van der Waals surface area (Å²) >= 11 is 3.31. The van der Waals surface area contributed by atoms with E-state index >= 15 is 0 Å². The molecule has 0 spiro atoms. The number of nitrogens with zero attached hydrogens (tertiary/aromatic N) is 1. The van der Waals surface area contributed by atoms with E-state index in [9.17, 15) is 8.42 Å². The fraction of sp³-hybridized carbons (Fsp3) is 0.400. The smallest absolute Gasteiger partial charge is 0.241 e. The lowest BCUT2D eigenvalue weighted by molar-refractivity contribution is 0.184. The van der Waals surface area contributed by atoms with E-state index in [1.807, 2.05) is 6.07 Å². The fourth-order valence-electron chi connectivity index (χ4n) is 4.25. The number of aryl methyl sites for hydroxylation is 1. The molecular formula is C20H23BrN2O2S. The topological polar surface area (TPSA) is 49.4 Å². The molecule has 26 heavy (non-hydrogen) atoms. The van der Waals surface area contributed by atoms with Gasteiger partial charge in [-0.2, -0.15) is 0 Å². The molecular weight excluding hydrogens is 412 g/mol. The molecule has 1 heterocycles. The molecule has 4 nitrogen and oxygen atoms in total. The van der Waals surface area contributed by atoms with E-state index in [4.69, 9.17) is 0 Å². The molecule has 0 radical (unpaired) electrons. The second kappa shape index (κ2) is 7.43. The number of hydrogen-bond acceptors (Lipinski definition) is 3. The molecule has 1 N–H and O–H groups in total. The van der Waals surface area contributed by atoms with Gasteiger partial charge in [0.15, 0.2) is 0 Å². The van der Waals surface area contributed by atoms with Crippen molar-refractivity contribution in [3.63, 3.8) is 0 Å². The van der Waals surface area contributed by atoms with E-state index in [1.54, 1.807) is 23.8 Å². The first kappa shape index (κ1) is 18.2. The molecule has 1 atom stereocenters. The van der Waals surface area contributed by atoms with Gasteiger partial charge in [-0.15, -0.1) is 0 Å². The number of halogens is 1. The zero-order chi connectivity index (χ0) is 18.1. The van der Waals surface area contributed by atoms with Gasteiger partial charge >= 0.3 is 0 Å². The number of hydrogen-bond donors (Lipinski definition) is 1. The summed E-state index contributed by atoms with van der Waals surface area (Å²) in [5.41, 5.74) is 4.57. The van der Waals surface area contributed by atoms with E-state index in [1.165, 1.54) is 24.0 Å². The number of sulfonamides is 1. The minimum Gasteiger partial charge on any atom is -0.296 e. The van der Waals surface area contributed by atoms with Crippen LogP contribution in [0.25, 0.3) is 0 Å². The van der Waals surface area contributed by atoms with Gasteiger partial charge in [0.25, 0.3) is 0 Å². The standard InChI is InChI=1S/C20H23BrN2O2S/c21-17-7-1-2-8-19(17)26(24,25)22-12-4-13-23-14-11-16-6-3-5-15-9-10-18(23)20(15)16/h1-3,5-8,18,22H,4,9-14H2. The highest BCUT2D eigenvalue weighted by Crippen LogP contribution is 2.41. The summed E-state index contributed by atoms with van der Waals surface area (Å²) in [6, 6.07) is 14.1. The van der Waals surface area contributed by atoms with Crippen molar-refractivity contribution in [2.75, 3.05) is 19.6 Å². The van der Waals surface area contributed by atoms with Crippen LogP contribution in [-0.4, -0.2) is 33.0 Å². The summed E-state index contributed by atoms with van der Waals surface area (Å²) in [6.45, 7) is 2.45. The molecule has 0 saturated carbocycles. The van der Waals surface area contributed by atoms with Crippen molar-refractivity contribution in [1.29, 1.82) is 0 Å². The molecule has 0 aromatic heterocycles.